The Labute approximate surface area is 180 Å². The van der Waals surface area contributed by atoms with Crippen molar-refractivity contribution in [3.05, 3.63) is 69.3 Å². The number of rotatable bonds is 3. The van der Waals surface area contributed by atoms with Crippen LogP contribution in [0.2, 0.25) is 10.0 Å². The minimum absolute atomic E-state index is 0.0371. The number of benzene rings is 2. The van der Waals surface area contributed by atoms with Crippen molar-refractivity contribution in [2.45, 2.75) is 45.1 Å². The summed E-state index contributed by atoms with van der Waals surface area (Å²) in [6.45, 7) is 1.97. The van der Waals surface area contributed by atoms with E-state index in [1.54, 1.807) is 17.0 Å². The average molecular weight is 429 g/mol. The van der Waals surface area contributed by atoms with E-state index in [0.717, 1.165) is 29.9 Å². The Morgan fingerprint density at radius 1 is 1.17 bits per heavy atom. The summed E-state index contributed by atoms with van der Waals surface area (Å²) in [6, 6.07) is 12.3. The second-order valence-corrected chi connectivity index (χ2v) is 8.24. The van der Waals surface area contributed by atoms with E-state index in [1.807, 2.05) is 37.3 Å². The molecule has 1 N–H and O–H groups in total. The molecular weight excluding hydrogens is 407 g/mol. The number of para-hydroxylation sites is 2. The highest BCUT2D eigenvalue weighted by Gasteiger charge is 2.39. The van der Waals surface area contributed by atoms with E-state index in [0.29, 0.717) is 40.4 Å². The zero-order chi connectivity index (χ0) is 20.5. The first-order valence-corrected chi connectivity index (χ1v) is 10.7. The van der Waals surface area contributed by atoms with Crippen molar-refractivity contribution in [2.75, 3.05) is 10.2 Å². The Morgan fingerprint density at radius 2 is 1.97 bits per heavy atom. The smallest absolute Gasteiger partial charge is 0.227 e. The summed E-state index contributed by atoms with van der Waals surface area (Å²) in [5.74, 6) is 0.0155. The molecule has 1 aliphatic carbocycles. The van der Waals surface area contributed by atoms with Crippen LogP contribution in [0.15, 0.2) is 53.7 Å². The van der Waals surface area contributed by atoms with Gasteiger partial charge in [0.2, 0.25) is 5.91 Å². The first-order chi connectivity index (χ1) is 14.0. The van der Waals surface area contributed by atoms with E-state index < -0.39 is 6.04 Å². The molecule has 4 rings (SSSR count). The molecule has 1 heterocycles. The number of carbonyl (C=O) groups excluding carboxylic acids is 2. The highest BCUT2D eigenvalue weighted by molar-refractivity contribution is 6.35. The molecule has 2 aliphatic rings. The summed E-state index contributed by atoms with van der Waals surface area (Å²) in [7, 11) is 0. The molecule has 0 fully saturated rings. The van der Waals surface area contributed by atoms with Gasteiger partial charge in [0.25, 0.3) is 0 Å². The first kappa shape index (κ1) is 20.0. The Hall–Kier alpha value is -2.30. The van der Waals surface area contributed by atoms with Crippen molar-refractivity contribution in [3.8, 4) is 0 Å². The Bertz CT molecular complexity index is 1020. The summed E-state index contributed by atoms with van der Waals surface area (Å²) in [5.41, 5.74) is 3.79. The van der Waals surface area contributed by atoms with Crippen molar-refractivity contribution < 1.29 is 9.59 Å². The summed E-state index contributed by atoms with van der Waals surface area (Å²) in [5, 5.41) is 4.41. The largest absolute Gasteiger partial charge is 0.357 e. The number of nitrogens with one attached hydrogen (secondary N) is 1. The second kappa shape index (κ2) is 8.21. The van der Waals surface area contributed by atoms with E-state index >= 15 is 0 Å². The van der Waals surface area contributed by atoms with Gasteiger partial charge in [-0.05, 0) is 49.1 Å². The van der Waals surface area contributed by atoms with E-state index in [-0.39, 0.29) is 11.7 Å². The van der Waals surface area contributed by atoms with Crippen LogP contribution in [-0.4, -0.2) is 11.7 Å². The van der Waals surface area contributed by atoms with Gasteiger partial charge in [0.15, 0.2) is 5.78 Å². The first-order valence-electron chi connectivity index (χ1n) is 9.90. The Balaban J connectivity index is 2.01. The number of Topliss-reactive ketones (excluding diaryl/α,β-unsaturated/α-hetero) is 1. The SMILES string of the molecule is CCCC(=O)N1c2ccccc2NC2=C(C(=O)CCC2)C1c1ccc(Cl)cc1Cl. The lowest BCUT2D eigenvalue weighted by Gasteiger charge is -2.34. The standard InChI is InChI=1S/C23H22Cl2N2O2/c1-2-6-21(29)27-19-9-4-3-7-17(19)26-18-8-5-10-20(28)22(18)23(27)15-12-11-14(24)13-16(15)25/h3-4,7,9,11-13,23,26H,2,5-6,8,10H2,1H3. The highest BCUT2D eigenvalue weighted by atomic mass is 35.5. The molecule has 0 aromatic heterocycles. The van der Waals surface area contributed by atoms with Crippen LogP contribution in [0.4, 0.5) is 11.4 Å². The van der Waals surface area contributed by atoms with Gasteiger partial charge in [-0.2, -0.15) is 0 Å². The van der Waals surface area contributed by atoms with Gasteiger partial charge in [-0.1, -0.05) is 48.3 Å². The number of ketones is 1. The number of halogens is 2. The van der Waals surface area contributed by atoms with E-state index in [4.69, 9.17) is 23.2 Å². The molecule has 1 atom stereocenters. The van der Waals surface area contributed by atoms with Gasteiger partial charge < -0.3 is 5.32 Å². The molecule has 0 spiro atoms. The van der Waals surface area contributed by atoms with E-state index in [1.165, 1.54) is 0 Å². The van der Waals surface area contributed by atoms with Gasteiger partial charge in [0.05, 0.1) is 17.4 Å². The number of anilines is 2. The van der Waals surface area contributed by atoms with Gasteiger partial charge in [-0.3, -0.25) is 14.5 Å². The zero-order valence-electron chi connectivity index (χ0n) is 16.2. The van der Waals surface area contributed by atoms with Crippen LogP contribution in [0.25, 0.3) is 0 Å². The summed E-state index contributed by atoms with van der Waals surface area (Å²) in [4.78, 5) is 28.2. The molecule has 1 amide bonds. The number of carbonyl (C=O) groups is 2. The van der Waals surface area contributed by atoms with Crippen molar-refractivity contribution in [1.29, 1.82) is 0 Å². The molecule has 29 heavy (non-hydrogen) atoms. The molecular formula is C23H22Cl2N2O2. The summed E-state index contributed by atoms with van der Waals surface area (Å²) in [6.07, 6.45) is 3.11. The van der Waals surface area contributed by atoms with Gasteiger partial charge in [0.1, 0.15) is 0 Å². The van der Waals surface area contributed by atoms with Crippen LogP contribution in [0.1, 0.15) is 50.6 Å². The predicted octanol–water partition coefficient (Wildman–Crippen LogP) is 6.30. The van der Waals surface area contributed by atoms with Gasteiger partial charge in [0, 0.05) is 34.2 Å². The van der Waals surface area contributed by atoms with Gasteiger partial charge in [-0.25, -0.2) is 0 Å². The maximum Gasteiger partial charge on any atom is 0.227 e. The lowest BCUT2D eigenvalue weighted by Crippen LogP contribution is -2.38. The average Bonchev–Trinajstić information content (AvgIpc) is 2.83. The quantitative estimate of drug-likeness (QED) is 0.623. The zero-order valence-corrected chi connectivity index (χ0v) is 17.7. The highest BCUT2D eigenvalue weighted by Crippen LogP contribution is 2.46. The Kier molecular flexibility index (Phi) is 5.66. The molecule has 6 heteroatoms. The predicted molar refractivity (Wildman–Crippen MR) is 118 cm³/mol. The lowest BCUT2D eigenvalue weighted by atomic mass is 9.85. The number of fused-ring (bicyclic) bond motifs is 1. The normalized spacial score (nSPS) is 18.7. The van der Waals surface area contributed by atoms with Gasteiger partial charge in [-0.15, -0.1) is 0 Å². The van der Waals surface area contributed by atoms with Crippen LogP contribution in [0.3, 0.4) is 0 Å². The molecule has 1 aliphatic heterocycles. The minimum atomic E-state index is -0.585. The molecule has 0 saturated heterocycles. The number of allylic oxidation sites excluding steroid dienone is 1. The summed E-state index contributed by atoms with van der Waals surface area (Å²) < 4.78 is 0. The van der Waals surface area contributed by atoms with Crippen LogP contribution < -0.4 is 10.2 Å². The molecule has 0 saturated carbocycles. The van der Waals surface area contributed by atoms with Crippen molar-refractivity contribution in [1.82, 2.24) is 0 Å². The van der Waals surface area contributed by atoms with Crippen molar-refractivity contribution in [2.24, 2.45) is 0 Å². The number of amides is 1. The monoisotopic (exact) mass is 428 g/mol. The topological polar surface area (TPSA) is 49.4 Å². The second-order valence-electron chi connectivity index (χ2n) is 7.39. The van der Waals surface area contributed by atoms with Crippen molar-refractivity contribution in [3.63, 3.8) is 0 Å². The van der Waals surface area contributed by atoms with E-state index in [9.17, 15) is 9.59 Å². The lowest BCUT2D eigenvalue weighted by molar-refractivity contribution is -0.119. The molecule has 150 valence electrons. The summed E-state index contributed by atoms with van der Waals surface area (Å²) >= 11 is 12.7. The third kappa shape index (κ3) is 3.67. The van der Waals surface area contributed by atoms with Gasteiger partial charge >= 0.3 is 0 Å². The third-order valence-electron chi connectivity index (χ3n) is 5.43. The van der Waals surface area contributed by atoms with Crippen LogP contribution in [-0.2, 0) is 9.59 Å². The molecule has 0 bridgehead atoms. The van der Waals surface area contributed by atoms with Crippen molar-refractivity contribution >= 4 is 46.3 Å². The number of nitrogens with zero attached hydrogens (tertiary/aromatic N) is 1. The maximum absolute atomic E-state index is 13.4. The Morgan fingerprint density at radius 3 is 2.72 bits per heavy atom. The molecule has 2 aromatic rings. The fraction of sp³-hybridized carbons (Fsp3) is 0.304. The molecule has 4 nitrogen and oxygen atoms in total. The molecule has 2 aromatic carbocycles. The molecule has 0 radical (unpaired) electrons. The van der Waals surface area contributed by atoms with Crippen LogP contribution in [0.5, 0.6) is 0 Å². The maximum atomic E-state index is 13.4. The fourth-order valence-electron chi connectivity index (χ4n) is 4.16. The minimum Gasteiger partial charge on any atom is -0.357 e. The third-order valence-corrected chi connectivity index (χ3v) is 5.99. The number of hydrogen-bond acceptors (Lipinski definition) is 3. The van der Waals surface area contributed by atoms with Crippen LogP contribution >= 0.6 is 23.2 Å². The fourth-order valence-corrected chi connectivity index (χ4v) is 4.67. The molecule has 1 unspecified atom stereocenters. The number of hydrogen-bond donors (Lipinski definition) is 1. The van der Waals surface area contributed by atoms with E-state index in [2.05, 4.69) is 5.32 Å². The van der Waals surface area contributed by atoms with Crippen LogP contribution in [0, 0.1) is 0 Å².